The number of piperidine rings is 1. The van der Waals surface area contributed by atoms with Crippen molar-refractivity contribution in [3.8, 4) is 22.8 Å². The van der Waals surface area contributed by atoms with Crippen molar-refractivity contribution in [2.24, 2.45) is 5.92 Å². The molecule has 5 rings (SSSR count). The van der Waals surface area contributed by atoms with E-state index in [4.69, 9.17) is 9.47 Å². The molecular formula is C25H23N3O5. The van der Waals surface area contributed by atoms with Gasteiger partial charge in [0.15, 0.2) is 23.0 Å². The normalized spacial score (nSPS) is 15.8. The minimum atomic E-state index is -0.405. The van der Waals surface area contributed by atoms with Crippen LogP contribution in [0.5, 0.6) is 11.5 Å². The van der Waals surface area contributed by atoms with Crippen molar-refractivity contribution < 1.29 is 19.2 Å². The van der Waals surface area contributed by atoms with Gasteiger partial charge in [0.05, 0.1) is 4.92 Å². The predicted octanol–water partition coefficient (Wildman–Crippen LogP) is 4.53. The van der Waals surface area contributed by atoms with Crippen LogP contribution in [0.15, 0.2) is 60.7 Å². The second kappa shape index (κ2) is 8.90. The van der Waals surface area contributed by atoms with Gasteiger partial charge in [0.1, 0.15) is 19.0 Å². The van der Waals surface area contributed by atoms with Crippen LogP contribution in [0.1, 0.15) is 23.2 Å². The number of ether oxygens (including phenoxy) is 2. The Labute approximate surface area is 190 Å². The number of benzene rings is 2. The Morgan fingerprint density at radius 2 is 1.70 bits per heavy atom. The summed E-state index contributed by atoms with van der Waals surface area (Å²) in [5, 5.41) is 11.5. The Bertz CT molecular complexity index is 1190. The van der Waals surface area contributed by atoms with Crippen molar-refractivity contribution >= 4 is 17.3 Å². The summed E-state index contributed by atoms with van der Waals surface area (Å²) in [6, 6.07) is 17.7. The highest BCUT2D eigenvalue weighted by atomic mass is 16.6. The molecule has 0 N–H and O–H groups in total. The molecule has 0 amide bonds. The highest BCUT2D eigenvalue weighted by Crippen LogP contribution is 2.34. The van der Waals surface area contributed by atoms with Crippen LogP contribution < -0.4 is 14.4 Å². The van der Waals surface area contributed by atoms with Gasteiger partial charge in [0.2, 0.25) is 0 Å². The first kappa shape index (κ1) is 20.9. The van der Waals surface area contributed by atoms with E-state index in [-0.39, 0.29) is 17.4 Å². The van der Waals surface area contributed by atoms with Gasteiger partial charge >= 0.3 is 0 Å². The highest BCUT2D eigenvalue weighted by Gasteiger charge is 2.28. The van der Waals surface area contributed by atoms with Crippen molar-refractivity contribution in [1.29, 1.82) is 0 Å². The van der Waals surface area contributed by atoms with Crippen molar-refractivity contribution in [2.75, 3.05) is 31.2 Å². The fraction of sp³-hybridized carbons (Fsp3) is 0.280. The molecule has 3 heterocycles. The molecule has 0 radical (unpaired) electrons. The van der Waals surface area contributed by atoms with Crippen LogP contribution in [-0.4, -0.2) is 42.0 Å². The van der Waals surface area contributed by atoms with Crippen molar-refractivity contribution in [3.05, 3.63) is 76.3 Å². The van der Waals surface area contributed by atoms with Gasteiger partial charge in [-0.25, -0.2) is 4.98 Å². The summed E-state index contributed by atoms with van der Waals surface area (Å²) in [5.74, 6) is 1.99. The molecule has 168 valence electrons. The molecule has 0 unspecified atom stereocenters. The maximum atomic E-state index is 13.1. The van der Waals surface area contributed by atoms with Crippen LogP contribution in [0.2, 0.25) is 0 Å². The zero-order chi connectivity index (χ0) is 22.8. The van der Waals surface area contributed by atoms with E-state index in [0.29, 0.717) is 73.3 Å². The number of hydrogen-bond donors (Lipinski definition) is 0. The van der Waals surface area contributed by atoms with Crippen molar-refractivity contribution in [1.82, 2.24) is 4.98 Å². The van der Waals surface area contributed by atoms with Crippen LogP contribution in [-0.2, 0) is 0 Å². The lowest BCUT2D eigenvalue weighted by molar-refractivity contribution is -0.384. The molecule has 0 atom stereocenters. The Hall–Kier alpha value is -3.94. The van der Waals surface area contributed by atoms with E-state index in [1.54, 1.807) is 24.3 Å². The fourth-order valence-electron chi connectivity index (χ4n) is 4.38. The molecule has 2 aliphatic heterocycles. The molecule has 33 heavy (non-hydrogen) atoms. The number of Topliss-reactive ketones (excluding diaryl/α,β-unsaturated/α-hetero) is 1. The number of rotatable bonds is 5. The van der Waals surface area contributed by atoms with Gasteiger partial charge in [-0.05, 0) is 37.1 Å². The Morgan fingerprint density at radius 3 is 2.42 bits per heavy atom. The molecule has 8 heteroatoms. The number of ketones is 1. The van der Waals surface area contributed by atoms with Crippen LogP contribution in [0.3, 0.4) is 0 Å². The zero-order valence-corrected chi connectivity index (χ0v) is 18.0. The smallest absolute Gasteiger partial charge is 0.295 e. The first-order valence-electron chi connectivity index (χ1n) is 11.0. The van der Waals surface area contributed by atoms with Gasteiger partial charge in [-0.3, -0.25) is 14.9 Å². The minimum Gasteiger partial charge on any atom is -0.486 e. The summed E-state index contributed by atoms with van der Waals surface area (Å²) in [5.41, 5.74) is 1.67. The topological polar surface area (TPSA) is 94.8 Å². The van der Waals surface area contributed by atoms with Crippen LogP contribution in [0, 0.1) is 16.0 Å². The first-order chi connectivity index (χ1) is 16.1. The standard InChI is InChI=1S/C25H23N3O5/c29-25(19-6-8-21-22(16-19)33-15-14-32-21)18-10-12-27(13-11-18)23-9-7-20(28(30)31)24(26-23)17-4-2-1-3-5-17/h1-9,16,18H,10-15H2. The largest absolute Gasteiger partial charge is 0.486 e. The molecule has 0 bridgehead atoms. The van der Waals surface area contributed by atoms with E-state index in [9.17, 15) is 14.9 Å². The highest BCUT2D eigenvalue weighted by molar-refractivity contribution is 5.98. The Morgan fingerprint density at radius 1 is 0.970 bits per heavy atom. The number of carbonyl (C=O) groups excluding carboxylic acids is 1. The molecule has 2 aromatic carbocycles. The summed E-state index contributed by atoms with van der Waals surface area (Å²) in [4.78, 5) is 30.9. The van der Waals surface area contributed by atoms with Crippen molar-refractivity contribution in [3.63, 3.8) is 0 Å². The molecule has 0 aliphatic carbocycles. The maximum Gasteiger partial charge on any atom is 0.295 e. The molecule has 0 saturated carbocycles. The number of pyridine rings is 1. The average molecular weight is 445 g/mol. The molecule has 3 aromatic rings. The van der Waals surface area contributed by atoms with E-state index in [0.717, 1.165) is 0 Å². The lowest BCUT2D eigenvalue weighted by Gasteiger charge is -2.32. The third-order valence-electron chi connectivity index (χ3n) is 6.12. The van der Waals surface area contributed by atoms with Gasteiger partial charge in [0, 0.05) is 36.2 Å². The van der Waals surface area contributed by atoms with Gasteiger partial charge < -0.3 is 14.4 Å². The molecule has 1 fully saturated rings. The Balaban J connectivity index is 1.31. The lowest BCUT2D eigenvalue weighted by atomic mass is 9.88. The molecular weight excluding hydrogens is 422 g/mol. The van der Waals surface area contributed by atoms with E-state index < -0.39 is 4.92 Å². The van der Waals surface area contributed by atoms with Crippen LogP contribution in [0.4, 0.5) is 11.5 Å². The number of nitrogens with zero attached hydrogens (tertiary/aromatic N) is 3. The molecule has 8 nitrogen and oxygen atoms in total. The number of hydrogen-bond acceptors (Lipinski definition) is 7. The third kappa shape index (κ3) is 4.24. The number of aromatic nitrogens is 1. The monoisotopic (exact) mass is 445 g/mol. The van der Waals surface area contributed by atoms with E-state index in [1.807, 2.05) is 30.3 Å². The summed E-state index contributed by atoms with van der Waals surface area (Å²) in [6.07, 6.45) is 1.37. The quantitative estimate of drug-likeness (QED) is 0.324. The van der Waals surface area contributed by atoms with Gasteiger partial charge in [-0.1, -0.05) is 30.3 Å². The second-order valence-corrected chi connectivity index (χ2v) is 8.14. The fourth-order valence-corrected chi connectivity index (χ4v) is 4.38. The maximum absolute atomic E-state index is 13.1. The molecule has 0 spiro atoms. The second-order valence-electron chi connectivity index (χ2n) is 8.14. The molecule has 1 saturated heterocycles. The number of nitro groups is 1. The lowest BCUT2D eigenvalue weighted by Crippen LogP contribution is -2.37. The van der Waals surface area contributed by atoms with Gasteiger partial charge in [0.25, 0.3) is 5.69 Å². The van der Waals surface area contributed by atoms with Crippen molar-refractivity contribution in [2.45, 2.75) is 12.8 Å². The number of anilines is 1. The first-order valence-corrected chi connectivity index (χ1v) is 11.0. The minimum absolute atomic E-state index is 0.0198. The summed E-state index contributed by atoms with van der Waals surface area (Å²) < 4.78 is 11.1. The molecule has 1 aromatic heterocycles. The Kier molecular flexibility index (Phi) is 5.64. The van der Waals surface area contributed by atoms with Crippen LogP contribution >= 0.6 is 0 Å². The number of carbonyl (C=O) groups is 1. The zero-order valence-electron chi connectivity index (χ0n) is 18.0. The van der Waals surface area contributed by atoms with E-state index >= 15 is 0 Å². The van der Waals surface area contributed by atoms with Gasteiger partial charge in [-0.2, -0.15) is 0 Å². The average Bonchev–Trinajstić information content (AvgIpc) is 2.88. The summed E-state index contributed by atoms with van der Waals surface area (Å²) in [7, 11) is 0. The predicted molar refractivity (Wildman–Crippen MR) is 123 cm³/mol. The van der Waals surface area contributed by atoms with Crippen LogP contribution in [0.25, 0.3) is 11.3 Å². The third-order valence-corrected chi connectivity index (χ3v) is 6.12. The number of fused-ring (bicyclic) bond motifs is 1. The molecule has 2 aliphatic rings. The van der Waals surface area contributed by atoms with E-state index in [1.165, 1.54) is 6.07 Å². The van der Waals surface area contributed by atoms with Gasteiger partial charge in [-0.15, -0.1) is 0 Å². The SMILES string of the molecule is O=C(c1ccc2c(c1)OCCO2)C1CCN(c2ccc([N+](=O)[O-])c(-c3ccccc3)n2)CC1. The summed E-state index contributed by atoms with van der Waals surface area (Å²) >= 11 is 0. The van der Waals surface area contributed by atoms with E-state index in [2.05, 4.69) is 9.88 Å². The summed E-state index contributed by atoms with van der Waals surface area (Å²) in [6.45, 7) is 2.30.